The van der Waals surface area contributed by atoms with Crippen molar-refractivity contribution in [3.63, 3.8) is 0 Å². The Kier molecular flexibility index (Phi) is 6.31. The van der Waals surface area contributed by atoms with Gasteiger partial charge in [0.1, 0.15) is 5.60 Å². The first-order valence-electron chi connectivity index (χ1n) is 10.6. The zero-order chi connectivity index (χ0) is 20.3. The van der Waals surface area contributed by atoms with Gasteiger partial charge in [0.05, 0.1) is 6.04 Å². The van der Waals surface area contributed by atoms with Gasteiger partial charge in [-0.15, -0.1) is 0 Å². The fourth-order valence-electron chi connectivity index (χ4n) is 4.52. The van der Waals surface area contributed by atoms with E-state index in [4.69, 9.17) is 4.74 Å². The van der Waals surface area contributed by atoms with Crippen LogP contribution in [0.15, 0.2) is 18.2 Å². The van der Waals surface area contributed by atoms with Crippen LogP contribution in [0.25, 0.3) is 0 Å². The Morgan fingerprint density at radius 2 is 1.89 bits per heavy atom. The molecule has 1 N–H and O–H groups in total. The van der Waals surface area contributed by atoms with Crippen LogP contribution >= 0.6 is 0 Å². The van der Waals surface area contributed by atoms with Gasteiger partial charge < -0.3 is 15.0 Å². The second-order valence-electron chi connectivity index (χ2n) is 9.21. The summed E-state index contributed by atoms with van der Waals surface area (Å²) < 4.78 is 5.75. The number of fused-ring (bicyclic) bond motifs is 1. The first kappa shape index (κ1) is 20.7. The number of amides is 2. The van der Waals surface area contributed by atoms with E-state index in [1.807, 2.05) is 25.7 Å². The maximum absolute atomic E-state index is 13.0. The van der Waals surface area contributed by atoms with Gasteiger partial charge in [0.2, 0.25) is 5.91 Å². The van der Waals surface area contributed by atoms with Crippen LogP contribution in [0, 0.1) is 5.92 Å². The molecule has 154 valence electrons. The van der Waals surface area contributed by atoms with E-state index in [0.29, 0.717) is 19.0 Å². The topological polar surface area (TPSA) is 58.6 Å². The van der Waals surface area contributed by atoms with Crippen LogP contribution in [-0.4, -0.2) is 29.0 Å². The van der Waals surface area contributed by atoms with Crippen LogP contribution in [0.5, 0.6) is 0 Å². The predicted molar refractivity (Wildman–Crippen MR) is 110 cm³/mol. The molecule has 1 atom stereocenters. The third kappa shape index (κ3) is 5.06. The van der Waals surface area contributed by atoms with Crippen molar-refractivity contribution in [3.8, 4) is 0 Å². The van der Waals surface area contributed by atoms with Gasteiger partial charge in [-0.05, 0) is 62.6 Å². The third-order valence-corrected chi connectivity index (χ3v) is 5.75. The lowest BCUT2D eigenvalue weighted by Crippen LogP contribution is -2.46. The first-order chi connectivity index (χ1) is 13.2. The summed E-state index contributed by atoms with van der Waals surface area (Å²) in [5, 5.41) is 2.88. The van der Waals surface area contributed by atoms with Crippen molar-refractivity contribution in [2.75, 3.05) is 6.54 Å². The molecule has 0 bridgehead atoms. The smallest absolute Gasteiger partial charge is 0.410 e. The van der Waals surface area contributed by atoms with Gasteiger partial charge in [0.25, 0.3) is 0 Å². The number of hydrogen-bond acceptors (Lipinski definition) is 3. The first-order valence-corrected chi connectivity index (χ1v) is 10.6. The van der Waals surface area contributed by atoms with E-state index in [1.54, 1.807) is 0 Å². The SMILES string of the molecule is CC(=O)NCc1ccc2c(c1)C(C1CCCCC1)N(C(=O)OC(C)(C)C)CC2. The number of benzene rings is 1. The molecule has 0 spiro atoms. The maximum Gasteiger partial charge on any atom is 0.410 e. The molecule has 3 rings (SSSR count). The number of hydrogen-bond donors (Lipinski definition) is 1. The highest BCUT2D eigenvalue weighted by Crippen LogP contribution is 2.42. The molecule has 1 fully saturated rings. The fraction of sp³-hybridized carbons (Fsp3) is 0.652. The number of carbonyl (C=O) groups excluding carboxylic acids is 2. The lowest BCUT2D eigenvalue weighted by Gasteiger charge is -2.43. The summed E-state index contributed by atoms with van der Waals surface area (Å²) in [5.74, 6) is 0.438. The van der Waals surface area contributed by atoms with Gasteiger partial charge in [-0.25, -0.2) is 4.79 Å². The van der Waals surface area contributed by atoms with Crippen molar-refractivity contribution in [1.82, 2.24) is 10.2 Å². The predicted octanol–water partition coefficient (Wildman–Crippen LogP) is 4.74. The Morgan fingerprint density at radius 1 is 1.18 bits per heavy atom. The minimum atomic E-state index is -0.498. The average molecular weight is 387 g/mol. The second kappa shape index (κ2) is 8.54. The van der Waals surface area contributed by atoms with Crippen LogP contribution < -0.4 is 5.32 Å². The van der Waals surface area contributed by atoms with Gasteiger partial charge in [-0.1, -0.05) is 37.5 Å². The maximum atomic E-state index is 13.0. The van der Waals surface area contributed by atoms with Crippen molar-refractivity contribution in [1.29, 1.82) is 0 Å². The molecule has 1 unspecified atom stereocenters. The van der Waals surface area contributed by atoms with Crippen molar-refractivity contribution in [2.24, 2.45) is 5.92 Å². The zero-order valence-corrected chi connectivity index (χ0v) is 17.7. The van der Waals surface area contributed by atoms with E-state index < -0.39 is 5.60 Å². The lowest BCUT2D eigenvalue weighted by molar-refractivity contribution is -0.119. The van der Waals surface area contributed by atoms with E-state index in [1.165, 1.54) is 37.3 Å². The van der Waals surface area contributed by atoms with E-state index >= 15 is 0 Å². The molecule has 0 saturated heterocycles. The largest absolute Gasteiger partial charge is 0.444 e. The minimum Gasteiger partial charge on any atom is -0.444 e. The molecule has 5 nitrogen and oxygen atoms in total. The molecule has 1 aliphatic heterocycles. The molecule has 1 aromatic rings. The normalized spacial score (nSPS) is 20.4. The standard InChI is InChI=1S/C23H34N2O3/c1-16(26)24-15-17-10-11-18-12-13-25(22(27)28-23(2,3)4)21(20(18)14-17)19-8-6-5-7-9-19/h10-11,14,19,21H,5-9,12-13,15H2,1-4H3,(H,24,26). The van der Waals surface area contributed by atoms with Gasteiger partial charge in [0, 0.05) is 20.0 Å². The molecule has 1 saturated carbocycles. The fourth-order valence-corrected chi connectivity index (χ4v) is 4.52. The van der Waals surface area contributed by atoms with Gasteiger partial charge >= 0.3 is 6.09 Å². The highest BCUT2D eigenvalue weighted by Gasteiger charge is 2.38. The summed E-state index contributed by atoms with van der Waals surface area (Å²) in [6, 6.07) is 6.53. The summed E-state index contributed by atoms with van der Waals surface area (Å²) in [7, 11) is 0. The number of ether oxygens (including phenoxy) is 1. The van der Waals surface area contributed by atoms with E-state index in [9.17, 15) is 9.59 Å². The summed E-state index contributed by atoms with van der Waals surface area (Å²) in [5.41, 5.74) is 3.15. The summed E-state index contributed by atoms with van der Waals surface area (Å²) >= 11 is 0. The molecular formula is C23H34N2O3. The van der Waals surface area contributed by atoms with Crippen LogP contribution in [0.2, 0.25) is 0 Å². The molecule has 5 heteroatoms. The Morgan fingerprint density at radius 3 is 2.54 bits per heavy atom. The second-order valence-corrected chi connectivity index (χ2v) is 9.21. The quantitative estimate of drug-likeness (QED) is 0.816. The number of nitrogens with zero attached hydrogens (tertiary/aromatic N) is 1. The molecule has 1 aliphatic carbocycles. The van der Waals surface area contributed by atoms with Crippen molar-refractivity contribution in [3.05, 3.63) is 34.9 Å². The monoisotopic (exact) mass is 386 g/mol. The van der Waals surface area contributed by atoms with Gasteiger partial charge in [-0.3, -0.25) is 4.79 Å². The van der Waals surface area contributed by atoms with Crippen molar-refractivity contribution >= 4 is 12.0 Å². The third-order valence-electron chi connectivity index (χ3n) is 5.75. The summed E-state index contributed by atoms with van der Waals surface area (Å²) in [4.78, 5) is 26.3. The van der Waals surface area contributed by atoms with E-state index in [2.05, 4.69) is 23.5 Å². The number of rotatable bonds is 3. The van der Waals surface area contributed by atoms with E-state index in [0.717, 1.165) is 24.8 Å². The number of nitrogens with one attached hydrogen (secondary N) is 1. The highest BCUT2D eigenvalue weighted by molar-refractivity contribution is 5.73. The molecule has 1 aromatic carbocycles. The molecule has 0 aromatic heterocycles. The van der Waals surface area contributed by atoms with Gasteiger partial charge in [0.15, 0.2) is 0 Å². The molecule has 28 heavy (non-hydrogen) atoms. The average Bonchev–Trinajstić information content (AvgIpc) is 2.64. The summed E-state index contributed by atoms with van der Waals surface area (Å²) in [6.45, 7) is 8.52. The Balaban J connectivity index is 1.92. The molecule has 2 amide bonds. The van der Waals surface area contributed by atoms with Crippen LogP contribution in [-0.2, 0) is 22.5 Å². The molecule has 1 heterocycles. The van der Waals surface area contributed by atoms with E-state index in [-0.39, 0.29) is 18.0 Å². The molecule has 2 aliphatic rings. The van der Waals surface area contributed by atoms with Crippen molar-refractivity contribution in [2.45, 2.75) is 84.4 Å². The molecular weight excluding hydrogens is 352 g/mol. The number of carbonyl (C=O) groups is 2. The Hall–Kier alpha value is -2.04. The Bertz CT molecular complexity index is 717. The zero-order valence-electron chi connectivity index (χ0n) is 17.7. The van der Waals surface area contributed by atoms with Crippen molar-refractivity contribution < 1.29 is 14.3 Å². The van der Waals surface area contributed by atoms with Gasteiger partial charge in [-0.2, -0.15) is 0 Å². The Labute approximate surface area is 168 Å². The molecule has 0 radical (unpaired) electrons. The van der Waals surface area contributed by atoms with Crippen LogP contribution in [0.1, 0.15) is 82.5 Å². The van der Waals surface area contributed by atoms with Crippen LogP contribution in [0.3, 0.4) is 0 Å². The highest BCUT2D eigenvalue weighted by atomic mass is 16.6. The lowest BCUT2D eigenvalue weighted by atomic mass is 9.77. The summed E-state index contributed by atoms with van der Waals surface area (Å²) in [6.07, 6.45) is 6.68. The minimum absolute atomic E-state index is 0.0306. The van der Waals surface area contributed by atoms with Crippen LogP contribution in [0.4, 0.5) is 4.79 Å².